The van der Waals surface area contributed by atoms with Gasteiger partial charge in [0.25, 0.3) is 5.69 Å². The molecule has 1 aromatic rings. The molecule has 74 valence electrons. The van der Waals surface area contributed by atoms with E-state index in [0.717, 1.165) is 6.07 Å². The molecule has 0 spiro atoms. The lowest BCUT2D eigenvalue weighted by molar-refractivity contribution is -0.384. The van der Waals surface area contributed by atoms with Crippen molar-refractivity contribution in [2.75, 3.05) is 0 Å². The van der Waals surface area contributed by atoms with Crippen LogP contribution >= 0.6 is 0 Å². The van der Waals surface area contributed by atoms with E-state index in [1.807, 2.05) is 0 Å². The number of alkyl halides is 1. The Labute approximate surface area is 79.5 Å². The number of nitro benzene ring substituents is 1. The first-order chi connectivity index (χ1) is 6.56. The molecule has 0 amide bonds. The molecule has 0 bridgehead atoms. The molecule has 0 unspecified atom stereocenters. The standard InChI is InChI=1S/C9H8FNO3/c1-6(10)9-3-2-8(11(13)14)4-7(9)5-12/h2-6H,1H3/t6-/m1/s1. The van der Waals surface area contributed by atoms with Gasteiger partial charge in [0.15, 0.2) is 6.29 Å². The average Bonchev–Trinajstić information content (AvgIpc) is 2.16. The Morgan fingerprint density at radius 2 is 2.21 bits per heavy atom. The zero-order chi connectivity index (χ0) is 10.7. The van der Waals surface area contributed by atoms with Crippen molar-refractivity contribution in [2.24, 2.45) is 0 Å². The minimum atomic E-state index is -1.31. The first-order valence-electron chi connectivity index (χ1n) is 3.94. The number of benzene rings is 1. The fourth-order valence-corrected chi connectivity index (χ4v) is 1.14. The minimum absolute atomic E-state index is 0.0224. The van der Waals surface area contributed by atoms with Crippen molar-refractivity contribution in [3.8, 4) is 0 Å². The van der Waals surface area contributed by atoms with E-state index in [4.69, 9.17) is 0 Å². The zero-order valence-corrected chi connectivity index (χ0v) is 7.44. The van der Waals surface area contributed by atoms with Crippen LogP contribution in [0, 0.1) is 10.1 Å². The molecule has 0 saturated heterocycles. The van der Waals surface area contributed by atoms with Gasteiger partial charge in [-0.1, -0.05) is 0 Å². The van der Waals surface area contributed by atoms with Gasteiger partial charge in [-0.2, -0.15) is 0 Å². The molecule has 0 saturated carbocycles. The van der Waals surface area contributed by atoms with Crippen molar-refractivity contribution in [3.63, 3.8) is 0 Å². The lowest BCUT2D eigenvalue weighted by Crippen LogP contribution is -1.96. The summed E-state index contributed by atoms with van der Waals surface area (Å²) in [5.41, 5.74) is -0.0173. The quantitative estimate of drug-likeness (QED) is 0.424. The molecule has 5 heteroatoms. The van der Waals surface area contributed by atoms with E-state index in [-0.39, 0.29) is 16.8 Å². The molecule has 0 fully saturated rings. The summed E-state index contributed by atoms with van der Waals surface area (Å²) in [5.74, 6) is 0. The normalized spacial score (nSPS) is 12.1. The van der Waals surface area contributed by atoms with Crippen LogP contribution in [0.25, 0.3) is 0 Å². The predicted octanol–water partition coefficient (Wildman–Crippen LogP) is 2.44. The lowest BCUT2D eigenvalue weighted by atomic mass is 10.0. The van der Waals surface area contributed by atoms with Crippen molar-refractivity contribution in [3.05, 3.63) is 39.4 Å². The van der Waals surface area contributed by atoms with Crippen molar-refractivity contribution >= 4 is 12.0 Å². The van der Waals surface area contributed by atoms with Crippen LogP contribution in [0.1, 0.15) is 29.0 Å². The van der Waals surface area contributed by atoms with Gasteiger partial charge in [-0.3, -0.25) is 14.9 Å². The molecule has 0 heterocycles. The molecule has 0 aliphatic carbocycles. The van der Waals surface area contributed by atoms with E-state index in [0.29, 0.717) is 6.29 Å². The third-order valence-corrected chi connectivity index (χ3v) is 1.84. The monoisotopic (exact) mass is 197 g/mol. The number of non-ortho nitro benzene ring substituents is 1. The van der Waals surface area contributed by atoms with Crippen LogP contribution in [0.2, 0.25) is 0 Å². The Balaban J connectivity index is 3.25. The number of nitrogens with zero attached hydrogens (tertiary/aromatic N) is 1. The number of nitro groups is 1. The fourth-order valence-electron chi connectivity index (χ4n) is 1.14. The molecule has 0 aliphatic rings. The van der Waals surface area contributed by atoms with Crippen molar-refractivity contribution in [2.45, 2.75) is 13.1 Å². The van der Waals surface area contributed by atoms with Crippen LogP contribution in [-0.4, -0.2) is 11.2 Å². The number of carbonyl (C=O) groups is 1. The topological polar surface area (TPSA) is 60.2 Å². The SMILES string of the molecule is C[C@@H](F)c1ccc([N+](=O)[O-])cc1C=O. The molecule has 1 atom stereocenters. The van der Waals surface area contributed by atoms with Gasteiger partial charge >= 0.3 is 0 Å². The van der Waals surface area contributed by atoms with Crippen LogP contribution in [0.5, 0.6) is 0 Å². The summed E-state index contributed by atoms with van der Waals surface area (Å²) in [5, 5.41) is 10.3. The molecule has 14 heavy (non-hydrogen) atoms. The van der Waals surface area contributed by atoms with Crippen molar-refractivity contribution in [1.29, 1.82) is 0 Å². The van der Waals surface area contributed by atoms with E-state index < -0.39 is 11.1 Å². The molecular weight excluding hydrogens is 189 g/mol. The number of hydrogen-bond donors (Lipinski definition) is 0. The number of hydrogen-bond acceptors (Lipinski definition) is 3. The summed E-state index contributed by atoms with van der Waals surface area (Å²) in [6.07, 6.45) is -0.894. The van der Waals surface area contributed by atoms with E-state index in [1.54, 1.807) is 0 Å². The number of aldehydes is 1. The van der Waals surface area contributed by atoms with E-state index >= 15 is 0 Å². The molecule has 0 aromatic heterocycles. The maximum absolute atomic E-state index is 12.9. The first kappa shape index (κ1) is 10.3. The van der Waals surface area contributed by atoms with Crippen LogP contribution in [-0.2, 0) is 0 Å². The van der Waals surface area contributed by atoms with Crippen LogP contribution in [0.15, 0.2) is 18.2 Å². The Kier molecular flexibility index (Phi) is 2.91. The number of carbonyl (C=O) groups excluding carboxylic acids is 1. The largest absolute Gasteiger partial charge is 0.298 e. The Hall–Kier alpha value is -1.78. The highest BCUT2D eigenvalue weighted by atomic mass is 19.1. The van der Waals surface area contributed by atoms with Gasteiger partial charge in [-0.25, -0.2) is 4.39 Å². The van der Waals surface area contributed by atoms with Gasteiger partial charge in [0.2, 0.25) is 0 Å². The van der Waals surface area contributed by atoms with E-state index in [2.05, 4.69) is 0 Å². The van der Waals surface area contributed by atoms with Crippen LogP contribution in [0.4, 0.5) is 10.1 Å². The molecule has 1 rings (SSSR count). The first-order valence-corrected chi connectivity index (χ1v) is 3.94. The Morgan fingerprint density at radius 3 is 2.64 bits per heavy atom. The van der Waals surface area contributed by atoms with Crippen LogP contribution < -0.4 is 0 Å². The van der Waals surface area contributed by atoms with Gasteiger partial charge < -0.3 is 0 Å². The molecule has 4 nitrogen and oxygen atoms in total. The summed E-state index contributed by atoms with van der Waals surface area (Å²) in [4.78, 5) is 20.2. The smallest absolute Gasteiger partial charge is 0.270 e. The number of halogens is 1. The second-order valence-corrected chi connectivity index (χ2v) is 2.80. The van der Waals surface area contributed by atoms with Gasteiger partial charge in [0.1, 0.15) is 6.17 Å². The molecule has 1 aromatic carbocycles. The van der Waals surface area contributed by atoms with Gasteiger partial charge in [-0.05, 0) is 18.6 Å². The maximum atomic E-state index is 12.9. The Bertz CT molecular complexity index is 376. The molecule has 0 radical (unpaired) electrons. The van der Waals surface area contributed by atoms with Gasteiger partial charge in [0, 0.05) is 17.7 Å². The summed E-state index contributed by atoms with van der Waals surface area (Å²) in [7, 11) is 0. The summed E-state index contributed by atoms with van der Waals surface area (Å²) in [6.45, 7) is 1.27. The highest BCUT2D eigenvalue weighted by Crippen LogP contribution is 2.23. The molecule has 0 N–H and O–H groups in total. The highest BCUT2D eigenvalue weighted by Gasteiger charge is 2.13. The van der Waals surface area contributed by atoms with Crippen LogP contribution in [0.3, 0.4) is 0 Å². The average molecular weight is 197 g/mol. The summed E-state index contributed by atoms with van der Waals surface area (Å²) < 4.78 is 12.9. The molecule has 0 aliphatic heterocycles. The van der Waals surface area contributed by atoms with E-state index in [9.17, 15) is 19.3 Å². The maximum Gasteiger partial charge on any atom is 0.270 e. The third kappa shape index (κ3) is 1.93. The summed E-state index contributed by atoms with van der Waals surface area (Å²) in [6, 6.07) is 3.50. The minimum Gasteiger partial charge on any atom is -0.298 e. The van der Waals surface area contributed by atoms with Gasteiger partial charge in [0.05, 0.1) is 4.92 Å². The Morgan fingerprint density at radius 1 is 1.57 bits per heavy atom. The number of rotatable bonds is 3. The predicted molar refractivity (Wildman–Crippen MR) is 48.0 cm³/mol. The molecular formula is C9H8FNO3. The second kappa shape index (κ2) is 3.95. The third-order valence-electron chi connectivity index (χ3n) is 1.84. The lowest BCUT2D eigenvalue weighted by Gasteiger charge is -2.04. The van der Waals surface area contributed by atoms with Crippen molar-refractivity contribution < 1.29 is 14.1 Å². The fraction of sp³-hybridized carbons (Fsp3) is 0.222. The highest BCUT2D eigenvalue weighted by molar-refractivity contribution is 5.78. The van der Waals surface area contributed by atoms with Gasteiger partial charge in [-0.15, -0.1) is 0 Å². The second-order valence-electron chi connectivity index (χ2n) is 2.80. The summed E-state index contributed by atoms with van der Waals surface area (Å²) >= 11 is 0. The van der Waals surface area contributed by atoms with Crippen molar-refractivity contribution in [1.82, 2.24) is 0 Å². The zero-order valence-electron chi connectivity index (χ0n) is 7.44. The van der Waals surface area contributed by atoms with E-state index in [1.165, 1.54) is 19.1 Å².